The van der Waals surface area contributed by atoms with Crippen molar-refractivity contribution in [2.75, 3.05) is 19.8 Å². The van der Waals surface area contributed by atoms with Gasteiger partial charge in [-0.25, -0.2) is 0 Å². The van der Waals surface area contributed by atoms with Crippen molar-refractivity contribution in [3.05, 3.63) is 35.4 Å². The first-order chi connectivity index (χ1) is 9.21. The highest BCUT2D eigenvalue weighted by Crippen LogP contribution is 2.08. The van der Waals surface area contributed by atoms with Crippen molar-refractivity contribution in [3.8, 4) is 0 Å². The van der Waals surface area contributed by atoms with Crippen molar-refractivity contribution in [3.63, 3.8) is 0 Å². The molecule has 106 valence electrons. The zero-order valence-corrected chi connectivity index (χ0v) is 12.9. The molecule has 0 aliphatic heterocycles. The molecule has 1 N–H and O–H groups in total. The molecular weight excluding hydrogens is 310 g/mol. The number of carbonyl (C=O) groups is 1. The number of alkyl halides is 1. The molecule has 1 aromatic carbocycles. The average molecular weight is 330 g/mol. The van der Waals surface area contributed by atoms with Gasteiger partial charge in [0.15, 0.2) is 6.29 Å². The summed E-state index contributed by atoms with van der Waals surface area (Å²) in [6, 6.07) is 7.46. The molecule has 0 saturated carbocycles. The van der Waals surface area contributed by atoms with Crippen LogP contribution in [0.25, 0.3) is 0 Å². The van der Waals surface area contributed by atoms with Gasteiger partial charge in [0.2, 0.25) is 0 Å². The topological polar surface area (TPSA) is 47.6 Å². The van der Waals surface area contributed by atoms with E-state index in [1.807, 2.05) is 38.1 Å². The van der Waals surface area contributed by atoms with Gasteiger partial charge in [-0.05, 0) is 31.5 Å². The van der Waals surface area contributed by atoms with Gasteiger partial charge >= 0.3 is 0 Å². The van der Waals surface area contributed by atoms with Crippen LogP contribution in [0.5, 0.6) is 0 Å². The fourth-order valence-electron chi connectivity index (χ4n) is 1.56. The van der Waals surface area contributed by atoms with E-state index >= 15 is 0 Å². The molecule has 0 bridgehead atoms. The summed E-state index contributed by atoms with van der Waals surface area (Å²) in [5.74, 6) is -0.120. The summed E-state index contributed by atoms with van der Waals surface area (Å²) in [4.78, 5) is 11.9. The van der Waals surface area contributed by atoms with E-state index in [4.69, 9.17) is 9.47 Å². The quantitative estimate of drug-likeness (QED) is 0.589. The minimum Gasteiger partial charge on any atom is -0.351 e. The van der Waals surface area contributed by atoms with Crippen molar-refractivity contribution >= 4 is 21.8 Å². The Balaban J connectivity index is 2.48. The predicted octanol–water partition coefficient (Wildman–Crippen LogP) is 2.71. The second kappa shape index (κ2) is 9.07. The van der Waals surface area contributed by atoms with Gasteiger partial charge in [-0.3, -0.25) is 4.79 Å². The number of carbonyl (C=O) groups excluding carboxylic acids is 1. The predicted molar refractivity (Wildman–Crippen MR) is 78.4 cm³/mol. The third-order valence-corrected chi connectivity index (χ3v) is 3.15. The molecule has 0 fully saturated rings. The maximum atomic E-state index is 11.9. The number of hydrogen-bond acceptors (Lipinski definition) is 3. The Morgan fingerprint density at radius 1 is 1.21 bits per heavy atom. The Morgan fingerprint density at radius 2 is 1.79 bits per heavy atom. The molecule has 0 unspecified atom stereocenters. The van der Waals surface area contributed by atoms with Crippen LogP contribution in [0.15, 0.2) is 24.3 Å². The highest BCUT2D eigenvalue weighted by Gasteiger charge is 2.11. The van der Waals surface area contributed by atoms with E-state index in [2.05, 4.69) is 21.2 Å². The monoisotopic (exact) mass is 329 g/mol. The lowest BCUT2D eigenvalue weighted by molar-refractivity contribution is -0.131. The minimum atomic E-state index is -0.388. The van der Waals surface area contributed by atoms with Crippen LogP contribution in [0.3, 0.4) is 0 Å². The lowest BCUT2D eigenvalue weighted by Gasteiger charge is -2.17. The molecule has 0 spiro atoms. The van der Waals surface area contributed by atoms with Crippen LogP contribution < -0.4 is 5.32 Å². The molecule has 19 heavy (non-hydrogen) atoms. The second-order valence-electron chi connectivity index (χ2n) is 3.88. The summed E-state index contributed by atoms with van der Waals surface area (Å²) >= 11 is 3.37. The summed E-state index contributed by atoms with van der Waals surface area (Å²) < 4.78 is 10.7. The molecule has 0 atom stereocenters. The van der Waals surface area contributed by atoms with E-state index < -0.39 is 0 Å². The van der Waals surface area contributed by atoms with E-state index in [0.29, 0.717) is 25.3 Å². The third kappa shape index (κ3) is 5.72. The molecule has 5 heteroatoms. The van der Waals surface area contributed by atoms with E-state index in [9.17, 15) is 4.79 Å². The van der Waals surface area contributed by atoms with E-state index in [1.54, 1.807) is 0 Å². The maximum Gasteiger partial charge on any atom is 0.251 e. The number of halogens is 1. The number of benzene rings is 1. The van der Waals surface area contributed by atoms with Gasteiger partial charge in [-0.1, -0.05) is 28.1 Å². The van der Waals surface area contributed by atoms with Crippen molar-refractivity contribution in [1.29, 1.82) is 0 Å². The summed E-state index contributed by atoms with van der Waals surface area (Å²) in [7, 11) is 0. The molecule has 0 aromatic heterocycles. The molecule has 4 nitrogen and oxygen atoms in total. The third-order valence-electron chi connectivity index (χ3n) is 2.50. The highest BCUT2D eigenvalue weighted by molar-refractivity contribution is 9.08. The Hall–Kier alpha value is -0.910. The molecule has 1 aromatic rings. The number of rotatable bonds is 8. The highest BCUT2D eigenvalue weighted by atomic mass is 79.9. The first-order valence-electron chi connectivity index (χ1n) is 6.37. The van der Waals surface area contributed by atoms with Crippen LogP contribution in [0, 0.1) is 0 Å². The molecular formula is C14H20BrNO3. The van der Waals surface area contributed by atoms with Gasteiger partial charge in [0.1, 0.15) is 0 Å². The summed E-state index contributed by atoms with van der Waals surface area (Å²) in [5, 5.41) is 3.59. The first kappa shape index (κ1) is 16.1. The molecule has 0 radical (unpaired) electrons. The Morgan fingerprint density at radius 3 is 2.26 bits per heavy atom. The SMILES string of the molecule is CCOC(CNC(=O)c1ccc(CBr)cc1)OCC. The van der Waals surface area contributed by atoms with Gasteiger partial charge in [0, 0.05) is 24.1 Å². The lowest BCUT2D eigenvalue weighted by atomic mass is 10.1. The minimum absolute atomic E-state index is 0.120. The zero-order valence-electron chi connectivity index (χ0n) is 11.3. The van der Waals surface area contributed by atoms with Crippen LogP contribution in [0.4, 0.5) is 0 Å². The number of hydrogen-bond donors (Lipinski definition) is 1. The molecule has 0 saturated heterocycles. The Labute approximate surface area is 122 Å². The molecule has 0 heterocycles. The molecule has 0 aliphatic rings. The average Bonchev–Trinajstić information content (AvgIpc) is 2.45. The number of ether oxygens (including phenoxy) is 2. The Bertz CT molecular complexity index is 375. The number of amides is 1. The van der Waals surface area contributed by atoms with Crippen molar-refractivity contribution in [1.82, 2.24) is 5.32 Å². The standard InChI is InChI=1S/C14H20BrNO3/c1-3-18-13(19-4-2)10-16-14(17)12-7-5-11(9-15)6-8-12/h5-8,13H,3-4,9-10H2,1-2H3,(H,16,17). The molecule has 1 rings (SSSR count). The summed E-state index contributed by atoms with van der Waals surface area (Å²) in [5.41, 5.74) is 1.77. The fourth-order valence-corrected chi connectivity index (χ4v) is 1.93. The summed E-state index contributed by atoms with van der Waals surface area (Å²) in [6.07, 6.45) is -0.388. The van der Waals surface area contributed by atoms with E-state index in [1.165, 1.54) is 0 Å². The normalized spacial score (nSPS) is 10.7. The largest absolute Gasteiger partial charge is 0.351 e. The van der Waals surface area contributed by atoms with Crippen LogP contribution in [0.1, 0.15) is 29.8 Å². The smallest absolute Gasteiger partial charge is 0.251 e. The van der Waals surface area contributed by atoms with E-state index in [-0.39, 0.29) is 12.2 Å². The summed E-state index contributed by atoms with van der Waals surface area (Å²) in [6.45, 7) is 5.25. The van der Waals surface area contributed by atoms with Crippen molar-refractivity contribution in [2.45, 2.75) is 25.5 Å². The Kier molecular flexibility index (Phi) is 7.70. The number of nitrogens with one attached hydrogen (secondary N) is 1. The first-order valence-corrected chi connectivity index (χ1v) is 7.49. The van der Waals surface area contributed by atoms with Gasteiger partial charge in [-0.15, -0.1) is 0 Å². The lowest BCUT2D eigenvalue weighted by Crippen LogP contribution is -2.35. The van der Waals surface area contributed by atoms with E-state index in [0.717, 1.165) is 10.9 Å². The molecule has 1 amide bonds. The van der Waals surface area contributed by atoms with Gasteiger partial charge in [-0.2, -0.15) is 0 Å². The van der Waals surface area contributed by atoms with Crippen LogP contribution in [-0.4, -0.2) is 32.0 Å². The van der Waals surface area contributed by atoms with Crippen LogP contribution in [-0.2, 0) is 14.8 Å². The van der Waals surface area contributed by atoms with Gasteiger partial charge < -0.3 is 14.8 Å². The van der Waals surface area contributed by atoms with Gasteiger partial charge in [0.25, 0.3) is 5.91 Å². The zero-order chi connectivity index (χ0) is 14.1. The fraction of sp³-hybridized carbons (Fsp3) is 0.500. The van der Waals surface area contributed by atoms with Crippen molar-refractivity contribution in [2.24, 2.45) is 0 Å². The maximum absolute atomic E-state index is 11.9. The van der Waals surface area contributed by atoms with Crippen LogP contribution >= 0.6 is 15.9 Å². The van der Waals surface area contributed by atoms with Crippen LogP contribution in [0.2, 0.25) is 0 Å². The van der Waals surface area contributed by atoms with Crippen molar-refractivity contribution < 1.29 is 14.3 Å². The van der Waals surface area contributed by atoms with Gasteiger partial charge in [0.05, 0.1) is 6.54 Å². The molecule has 0 aliphatic carbocycles. The second-order valence-corrected chi connectivity index (χ2v) is 4.44.